The number of nitrogens with zero attached hydrogens (tertiary/aromatic N) is 1. The lowest BCUT2D eigenvalue weighted by molar-refractivity contribution is 0.0952. The molecule has 1 saturated heterocycles. The maximum atomic E-state index is 12.0. The number of amides is 1. The Morgan fingerprint density at radius 1 is 1.24 bits per heavy atom. The summed E-state index contributed by atoms with van der Waals surface area (Å²) >= 11 is 0. The van der Waals surface area contributed by atoms with Crippen LogP contribution in [0, 0.1) is 0 Å². The minimum absolute atomic E-state index is 0.0214. The molecule has 1 heterocycles. The van der Waals surface area contributed by atoms with E-state index in [-0.39, 0.29) is 5.91 Å². The Labute approximate surface area is 127 Å². The molecule has 2 rings (SSSR count). The summed E-state index contributed by atoms with van der Waals surface area (Å²) in [6.07, 6.45) is 6.25. The zero-order valence-corrected chi connectivity index (χ0v) is 12.9. The van der Waals surface area contributed by atoms with Crippen LogP contribution in [0.2, 0.25) is 0 Å². The number of rotatable bonds is 7. The van der Waals surface area contributed by atoms with Crippen molar-refractivity contribution >= 4 is 5.91 Å². The molecule has 0 aromatic heterocycles. The molecule has 0 bridgehead atoms. The van der Waals surface area contributed by atoms with Crippen molar-refractivity contribution in [3.8, 4) is 5.75 Å². The van der Waals surface area contributed by atoms with Crippen molar-refractivity contribution in [2.45, 2.75) is 32.1 Å². The van der Waals surface area contributed by atoms with Gasteiger partial charge in [-0.1, -0.05) is 12.5 Å². The van der Waals surface area contributed by atoms with E-state index in [4.69, 9.17) is 4.74 Å². The van der Waals surface area contributed by atoms with Gasteiger partial charge in [0.05, 0.1) is 7.11 Å². The fraction of sp³-hybridized carbons (Fsp3) is 0.588. The highest BCUT2D eigenvalue weighted by Gasteiger charge is 2.09. The van der Waals surface area contributed by atoms with E-state index in [2.05, 4.69) is 10.2 Å². The Hall–Kier alpha value is -1.55. The van der Waals surface area contributed by atoms with Crippen LogP contribution in [0.3, 0.4) is 0 Å². The Kier molecular flexibility index (Phi) is 6.54. The summed E-state index contributed by atoms with van der Waals surface area (Å²) in [6.45, 7) is 4.39. The summed E-state index contributed by atoms with van der Waals surface area (Å²) in [4.78, 5) is 14.5. The van der Waals surface area contributed by atoms with Crippen LogP contribution < -0.4 is 10.1 Å². The van der Waals surface area contributed by atoms with Gasteiger partial charge in [-0.05, 0) is 63.5 Å². The van der Waals surface area contributed by atoms with E-state index in [1.165, 1.54) is 32.4 Å². The molecule has 116 valence electrons. The Bertz CT molecular complexity index is 442. The van der Waals surface area contributed by atoms with Crippen LogP contribution in [-0.2, 0) is 0 Å². The lowest BCUT2D eigenvalue weighted by atomic mass is 10.1. The van der Waals surface area contributed by atoms with Gasteiger partial charge in [-0.15, -0.1) is 0 Å². The lowest BCUT2D eigenvalue weighted by Crippen LogP contribution is -2.31. The SMILES string of the molecule is COc1cccc(C(=O)NCCCCN2CCCCC2)c1. The molecule has 1 aromatic carbocycles. The van der Waals surface area contributed by atoms with Crippen LogP contribution in [0.15, 0.2) is 24.3 Å². The first-order valence-corrected chi connectivity index (χ1v) is 7.94. The predicted octanol–water partition coefficient (Wildman–Crippen LogP) is 2.69. The van der Waals surface area contributed by atoms with Crippen LogP contribution in [0.25, 0.3) is 0 Å². The number of nitrogens with one attached hydrogen (secondary N) is 1. The maximum Gasteiger partial charge on any atom is 0.251 e. The average molecular weight is 290 g/mol. The molecule has 0 unspecified atom stereocenters. The molecule has 0 spiro atoms. The second-order valence-corrected chi connectivity index (χ2v) is 5.60. The molecule has 0 aliphatic carbocycles. The molecule has 4 heteroatoms. The van der Waals surface area contributed by atoms with Gasteiger partial charge in [0, 0.05) is 12.1 Å². The number of unbranched alkanes of at least 4 members (excludes halogenated alkanes) is 1. The Balaban J connectivity index is 1.62. The van der Waals surface area contributed by atoms with Crippen LogP contribution in [0.1, 0.15) is 42.5 Å². The largest absolute Gasteiger partial charge is 0.497 e. The highest BCUT2D eigenvalue weighted by atomic mass is 16.5. The summed E-state index contributed by atoms with van der Waals surface area (Å²) in [5.41, 5.74) is 0.658. The van der Waals surface area contributed by atoms with E-state index < -0.39 is 0 Å². The van der Waals surface area contributed by atoms with Gasteiger partial charge in [0.1, 0.15) is 5.75 Å². The summed E-state index contributed by atoms with van der Waals surface area (Å²) in [7, 11) is 1.61. The lowest BCUT2D eigenvalue weighted by Gasteiger charge is -2.26. The van der Waals surface area contributed by atoms with Crippen LogP contribution in [-0.4, -0.2) is 44.1 Å². The first kappa shape index (κ1) is 15.8. The molecule has 4 nitrogen and oxygen atoms in total. The molecule has 1 aromatic rings. The normalized spacial score (nSPS) is 15.7. The monoisotopic (exact) mass is 290 g/mol. The maximum absolute atomic E-state index is 12.0. The van der Waals surface area contributed by atoms with Crippen molar-refractivity contribution in [2.75, 3.05) is 33.3 Å². The van der Waals surface area contributed by atoms with Gasteiger partial charge >= 0.3 is 0 Å². The van der Waals surface area contributed by atoms with Gasteiger partial charge in [-0.2, -0.15) is 0 Å². The number of ether oxygens (including phenoxy) is 1. The van der Waals surface area contributed by atoms with Gasteiger partial charge in [0.25, 0.3) is 5.91 Å². The number of methoxy groups -OCH3 is 1. The van der Waals surface area contributed by atoms with Crippen molar-refractivity contribution < 1.29 is 9.53 Å². The fourth-order valence-corrected chi connectivity index (χ4v) is 2.71. The van der Waals surface area contributed by atoms with E-state index in [1.807, 2.05) is 18.2 Å². The predicted molar refractivity (Wildman–Crippen MR) is 84.9 cm³/mol. The quantitative estimate of drug-likeness (QED) is 0.785. The standard InChI is InChI=1S/C17H26N2O2/c1-21-16-9-7-8-15(14-16)17(20)18-10-3-6-13-19-11-4-2-5-12-19/h7-9,14H,2-6,10-13H2,1H3,(H,18,20). The zero-order valence-electron chi connectivity index (χ0n) is 12.9. The van der Waals surface area contributed by atoms with Gasteiger partial charge in [0.2, 0.25) is 0 Å². The molecular weight excluding hydrogens is 264 g/mol. The minimum atomic E-state index is -0.0214. The van der Waals surface area contributed by atoms with E-state index >= 15 is 0 Å². The van der Waals surface area contributed by atoms with Gasteiger partial charge in [-0.3, -0.25) is 4.79 Å². The average Bonchev–Trinajstić information content (AvgIpc) is 2.55. The van der Waals surface area contributed by atoms with Crippen molar-refractivity contribution in [1.29, 1.82) is 0 Å². The van der Waals surface area contributed by atoms with E-state index in [0.717, 1.165) is 25.9 Å². The van der Waals surface area contributed by atoms with Crippen LogP contribution in [0.4, 0.5) is 0 Å². The minimum Gasteiger partial charge on any atom is -0.497 e. The molecule has 1 aliphatic heterocycles. The number of likely N-dealkylation sites (tertiary alicyclic amines) is 1. The number of carbonyl (C=O) groups is 1. The molecule has 1 N–H and O–H groups in total. The topological polar surface area (TPSA) is 41.6 Å². The van der Waals surface area contributed by atoms with Crippen LogP contribution >= 0.6 is 0 Å². The van der Waals surface area contributed by atoms with Crippen molar-refractivity contribution in [3.63, 3.8) is 0 Å². The Morgan fingerprint density at radius 2 is 2.05 bits per heavy atom. The highest BCUT2D eigenvalue weighted by molar-refractivity contribution is 5.94. The third kappa shape index (κ3) is 5.38. The highest BCUT2D eigenvalue weighted by Crippen LogP contribution is 2.12. The molecular formula is C17H26N2O2. The third-order valence-electron chi connectivity index (χ3n) is 3.97. The Morgan fingerprint density at radius 3 is 2.81 bits per heavy atom. The molecule has 0 saturated carbocycles. The second-order valence-electron chi connectivity index (χ2n) is 5.60. The van der Waals surface area contributed by atoms with Crippen molar-refractivity contribution in [3.05, 3.63) is 29.8 Å². The van der Waals surface area contributed by atoms with E-state index in [1.54, 1.807) is 13.2 Å². The van der Waals surface area contributed by atoms with E-state index in [9.17, 15) is 4.79 Å². The molecule has 1 aliphatic rings. The van der Waals surface area contributed by atoms with Crippen molar-refractivity contribution in [1.82, 2.24) is 10.2 Å². The first-order valence-electron chi connectivity index (χ1n) is 7.94. The molecule has 21 heavy (non-hydrogen) atoms. The molecule has 0 atom stereocenters. The number of benzene rings is 1. The summed E-state index contributed by atoms with van der Waals surface area (Å²) in [5.74, 6) is 0.694. The van der Waals surface area contributed by atoms with Crippen LogP contribution in [0.5, 0.6) is 5.75 Å². The molecule has 1 amide bonds. The van der Waals surface area contributed by atoms with Gasteiger partial charge in [-0.25, -0.2) is 0 Å². The summed E-state index contributed by atoms with van der Waals surface area (Å²) in [5, 5.41) is 2.97. The number of hydrogen-bond acceptors (Lipinski definition) is 3. The number of hydrogen-bond donors (Lipinski definition) is 1. The smallest absolute Gasteiger partial charge is 0.251 e. The molecule has 1 fully saturated rings. The molecule has 0 radical (unpaired) electrons. The van der Waals surface area contributed by atoms with Crippen molar-refractivity contribution in [2.24, 2.45) is 0 Å². The number of piperidine rings is 1. The fourth-order valence-electron chi connectivity index (χ4n) is 2.71. The first-order chi connectivity index (χ1) is 10.3. The third-order valence-corrected chi connectivity index (χ3v) is 3.97. The number of carbonyl (C=O) groups excluding carboxylic acids is 1. The van der Waals surface area contributed by atoms with Gasteiger partial charge in [0.15, 0.2) is 0 Å². The summed E-state index contributed by atoms with van der Waals surface area (Å²) < 4.78 is 5.13. The second kappa shape index (κ2) is 8.67. The zero-order chi connectivity index (χ0) is 14.9. The van der Waals surface area contributed by atoms with Gasteiger partial charge < -0.3 is 15.0 Å². The summed E-state index contributed by atoms with van der Waals surface area (Å²) in [6, 6.07) is 7.26. The van der Waals surface area contributed by atoms with E-state index in [0.29, 0.717) is 11.3 Å².